The lowest BCUT2D eigenvalue weighted by Crippen LogP contribution is -2.37. The second kappa shape index (κ2) is 6.28. The van der Waals surface area contributed by atoms with Gasteiger partial charge in [0, 0.05) is 13.5 Å². The van der Waals surface area contributed by atoms with Crippen LogP contribution in [0.3, 0.4) is 0 Å². The Labute approximate surface area is 114 Å². The van der Waals surface area contributed by atoms with Gasteiger partial charge < -0.3 is 15.7 Å². The smallest absolute Gasteiger partial charge is 0.356 e. The maximum absolute atomic E-state index is 11.5. The fourth-order valence-corrected chi connectivity index (χ4v) is 2.28. The summed E-state index contributed by atoms with van der Waals surface area (Å²) < 4.78 is 0. The highest BCUT2D eigenvalue weighted by molar-refractivity contribution is 7.17. The molecule has 8 heteroatoms. The number of aromatic nitrogens is 1. The first-order valence-corrected chi connectivity index (χ1v) is 6.47. The molecular weight excluding hydrogens is 270 g/mol. The van der Waals surface area contributed by atoms with E-state index >= 15 is 0 Å². The molecule has 19 heavy (non-hydrogen) atoms. The van der Waals surface area contributed by atoms with Gasteiger partial charge in [-0.05, 0) is 13.8 Å². The fraction of sp³-hybridized carbons (Fsp3) is 0.455. The highest BCUT2D eigenvalue weighted by Crippen LogP contribution is 2.24. The molecule has 7 nitrogen and oxygen atoms in total. The van der Waals surface area contributed by atoms with E-state index in [9.17, 15) is 14.4 Å². The van der Waals surface area contributed by atoms with Crippen molar-refractivity contribution in [1.82, 2.24) is 10.3 Å². The van der Waals surface area contributed by atoms with E-state index in [1.807, 2.05) is 0 Å². The largest absolute Gasteiger partial charge is 0.476 e. The van der Waals surface area contributed by atoms with Gasteiger partial charge in [-0.3, -0.25) is 9.59 Å². The molecule has 3 N–H and O–H groups in total. The van der Waals surface area contributed by atoms with Gasteiger partial charge in [-0.15, -0.1) is 0 Å². The highest BCUT2D eigenvalue weighted by Gasteiger charge is 2.22. The summed E-state index contributed by atoms with van der Waals surface area (Å²) in [4.78, 5) is 37.7. The molecular formula is C11H15N3O4S. The summed E-state index contributed by atoms with van der Waals surface area (Å²) in [5.41, 5.74) is -0.289. The molecule has 1 amide bonds. The van der Waals surface area contributed by atoms with Gasteiger partial charge in [-0.25, -0.2) is 9.78 Å². The van der Waals surface area contributed by atoms with Crippen LogP contribution < -0.4 is 10.6 Å². The number of carboxylic acid groups (broad SMARTS) is 1. The Balaban J connectivity index is 2.91. The number of carbonyl (C=O) groups is 3. The molecule has 1 unspecified atom stereocenters. The van der Waals surface area contributed by atoms with Crippen molar-refractivity contribution in [3.63, 3.8) is 0 Å². The van der Waals surface area contributed by atoms with Crippen molar-refractivity contribution in [2.75, 3.05) is 11.9 Å². The van der Waals surface area contributed by atoms with Gasteiger partial charge in [0.25, 0.3) is 0 Å². The van der Waals surface area contributed by atoms with Crippen LogP contribution in [0, 0.1) is 0 Å². The van der Waals surface area contributed by atoms with Crippen LogP contribution >= 0.6 is 11.3 Å². The molecule has 0 bridgehead atoms. The molecule has 0 spiro atoms. The maximum atomic E-state index is 11.5. The molecule has 0 fully saturated rings. The molecule has 104 valence electrons. The Morgan fingerprint density at radius 3 is 2.47 bits per heavy atom. The van der Waals surface area contributed by atoms with Crippen molar-refractivity contribution in [2.24, 2.45) is 0 Å². The Morgan fingerprint density at radius 2 is 2.05 bits per heavy atom. The predicted octanol–water partition coefficient (Wildman–Crippen LogP) is 0.980. The summed E-state index contributed by atoms with van der Waals surface area (Å²) >= 11 is 0.927. The Bertz CT molecular complexity index is 481. The van der Waals surface area contributed by atoms with E-state index < -0.39 is 12.0 Å². The number of Topliss-reactive ketones (excluding diaryl/α,β-unsaturated/α-hetero) is 1. The van der Waals surface area contributed by atoms with Gasteiger partial charge >= 0.3 is 5.97 Å². The van der Waals surface area contributed by atoms with E-state index in [2.05, 4.69) is 15.6 Å². The van der Waals surface area contributed by atoms with Crippen LogP contribution in [0.1, 0.15) is 40.9 Å². The number of carbonyl (C=O) groups excluding carboxylic acids is 2. The maximum Gasteiger partial charge on any atom is 0.356 e. The molecule has 0 aliphatic rings. The molecule has 0 saturated heterocycles. The molecule has 1 aromatic heterocycles. The number of likely N-dealkylation sites (N-methyl/N-ethyl adjacent to an activating group) is 1. The van der Waals surface area contributed by atoms with E-state index in [1.54, 1.807) is 13.8 Å². The minimum Gasteiger partial charge on any atom is -0.476 e. The minimum atomic E-state index is -1.26. The normalized spacial score (nSPS) is 11.7. The molecule has 0 aliphatic carbocycles. The van der Waals surface area contributed by atoms with Crippen molar-refractivity contribution in [2.45, 2.75) is 26.8 Å². The highest BCUT2D eigenvalue weighted by atomic mass is 32.1. The fourth-order valence-electron chi connectivity index (χ4n) is 1.34. The number of nitrogens with zero attached hydrogens (tertiary/aromatic N) is 1. The molecule has 0 aromatic carbocycles. The number of aromatic carboxylic acids is 1. The summed E-state index contributed by atoms with van der Waals surface area (Å²) in [6.45, 7) is 5.20. The lowest BCUT2D eigenvalue weighted by atomic mass is 10.3. The molecule has 0 aliphatic heterocycles. The minimum absolute atomic E-state index is 0.0677. The summed E-state index contributed by atoms with van der Waals surface area (Å²) in [5, 5.41) is 14.6. The van der Waals surface area contributed by atoms with Gasteiger partial charge in [0.15, 0.2) is 16.6 Å². The van der Waals surface area contributed by atoms with Crippen molar-refractivity contribution in [3.8, 4) is 0 Å². The Kier molecular flexibility index (Phi) is 4.99. The molecule has 1 rings (SSSR count). The van der Waals surface area contributed by atoms with Gasteiger partial charge in [0.1, 0.15) is 10.9 Å². The molecule has 0 radical (unpaired) electrons. The monoisotopic (exact) mass is 285 g/mol. The zero-order valence-electron chi connectivity index (χ0n) is 10.8. The summed E-state index contributed by atoms with van der Waals surface area (Å²) in [5.74, 6) is -1.85. The number of ketones is 1. The number of hydrogen-bond donors (Lipinski definition) is 3. The first kappa shape index (κ1) is 15.1. The van der Waals surface area contributed by atoms with E-state index in [0.29, 0.717) is 6.54 Å². The van der Waals surface area contributed by atoms with Crippen molar-refractivity contribution < 1.29 is 19.5 Å². The average molecular weight is 285 g/mol. The van der Waals surface area contributed by atoms with E-state index in [0.717, 1.165) is 11.3 Å². The van der Waals surface area contributed by atoms with Gasteiger partial charge in [-0.1, -0.05) is 11.3 Å². The van der Waals surface area contributed by atoms with Crippen molar-refractivity contribution >= 4 is 34.1 Å². The zero-order chi connectivity index (χ0) is 14.6. The van der Waals surface area contributed by atoms with Gasteiger partial charge in [0.05, 0.1) is 0 Å². The van der Waals surface area contributed by atoms with Gasteiger partial charge in [0.2, 0.25) is 5.91 Å². The molecule has 1 aromatic rings. The SMILES string of the molecule is CCNC(=O)C(C)Nc1nc(C(=O)O)c(C(C)=O)s1. The molecule has 1 heterocycles. The number of nitrogens with one attached hydrogen (secondary N) is 2. The molecule has 0 saturated carbocycles. The Morgan fingerprint density at radius 1 is 1.42 bits per heavy atom. The summed E-state index contributed by atoms with van der Waals surface area (Å²) in [6.07, 6.45) is 0. The standard InChI is InChI=1S/C11H15N3O4S/c1-4-12-9(16)5(2)13-11-14-7(10(17)18)8(19-11)6(3)15/h5H,4H2,1-3H3,(H,12,16)(H,13,14)(H,17,18). The average Bonchev–Trinajstić information content (AvgIpc) is 2.73. The number of amides is 1. The van der Waals surface area contributed by atoms with Gasteiger partial charge in [-0.2, -0.15) is 0 Å². The Hall–Kier alpha value is -1.96. The second-order valence-electron chi connectivity index (χ2n) is 3.82. The topological polar surface area (TPSA) is 108 Å². The van der Waals surface area contributed by atoms with Crippen LogP contribution in [0.25, 0.3) is 0 Å². The van der Waals surface area contributed by atoms with Crippen LogP contribution in [-0.4, -0.2) is 40.3 Å². The lowest BCUT2D eigenvalue weighted by Gasteiger charge is -2.11. The number of rotatable bonds is 6. The van der Waals surface area contributed by atoms with Crippen LogP contribution in [0.15, 0.2) is 0 Å². The lowest BCUT2D eigenvalue weighted by molar-refractivity contribution is -0.121. The predicted molar refractivity (Wildman–Crippen MR) is 70.8 cm³/mol. The number of carboxylic acids is 1. The van der Waals surface area contributed by atoms with Crippen molar-refractivity contribution in [3.05, 3.63) is 10.6 Å². The quantitative estimate of drug-likeness (QED) is 0.672. The van der Waals surface area contributed by atoms with Crippen LogP contribution in [0.2, 0.25) is 0 Å². The van der Waals surface area contributed by atoms with E-state index in [4.69, 9.17) is 5.11 Å². The third kappa shape index (κ3) is 3.75. The number of hydrogen-bond acceptors (Lipinski definition) is 6. The first-order chi connectivity index (χ1) is 8.86. The van der Waals surface area contributed by atoms with Crippen LogP contribution in [0.5, 0.6) is 0 Å². The van der Waals surface area contributed by atoms with Crippen molar-refractivity contribution in [1.29, 1.82) is 0 Å². The van der Waals surface area contributed by atoms with Crippen LogP contribution in [-0.2, 0) is 4.79 Å². The van der Waals surface area contributed by atoms with Crippen LogP contribution in [0.4, 0.5) is 5.13 Å². The zero-order valence-corrected chi connectivity index (χ0v) is 11.6. The third-order valence-electron chi connectivity index (χ3n) is 2.23. The molecule has 1 atom stereocenters. The third-order valence-corrected chi connectivity index (χ3v) is 3.32. The first-order valence-electron chi connectivity index (χ1n) is 5.66. The summed E-state index contributed by atoms with van der Waals surface area (Å²) in [6, 6.07) is -0.562. The van der Waals surface area contributed by atoms with E-state index in [1.165, 1.54) is 6.92 Å². The van der Waals surface area contributed by atoms with E-state index in [-0.39, 0.29) is 27.4 Å². The number of anilines is 1. The second-order valence-corrected chi connectivity index (χ2v) is 4.82. The summed E-state index contributed by atoms with van der Waals surface area (Å²) in [7, 11) is 0. The number of thiazole rings is 1.